The molecule has 0 spiro atoms. The molecular formula is C33H24N2. The Labute approximate surface area is 205 Å². The van der Waals surface area contributed by atoms with E-state index in [2.05, 4.69) is 114 Å². The van der Waals surface area contributed by atoms with Crippen molar-refractivity contribution in [3.05, 3.63) is 140 Å². The molecule has 166 valence electrons. The van der Waals surface area contributed by atoms with Crippen LogP contribution < -0.4 is 0 Å². The van der Waals surface area contributed by atoms with Gasteiger partial charge in [0.1, 0.15) is 5.82 Å². The van der Waals surface area contributed by atoms with Crippen LogP contribution in [-0.2, 0) is 0 Å². The Morgan fingerprint density at radius 2 is 0.714 bits per heavy atom. The maximum Gasteiger partial charge on any atom is 0.138 e. The van der Waals surface area contributed by atoms with Gasteiger partial charge in [0.05, 0.1) is 11.4 Å². The topological polar surface area (TPSA) is 28.7 Å². The van der Waals surface area contributed by atoms with Gasteiger partial charge in [0, 0.05) is 16.7 Å². The summed E-state index contributed by atoms with van der Waals surface area (Å²) in [5, 5.41) is 0. The molecule has 1 aromatic heterocycles. The molecule has 1 heterocycles. The highest BCUT2D eigenvalue weighted by Crippen LogP contribution is 2.35. The Balaban J connectivity index is 1.42. The van der Waals surface area contributed by atoms with Crippen LogP contribution in [-0.4, -0.2) is 9.97 Å². The zero-order valence-electron chi connectivity index (χ0n) is 19.2. The van der Waals surface area contributed by atoms with Crippen LogP contribution in [0.25, 0.3) is 56.2 Å². The van der Waals surface area contributed by atoms with E-state index in [4.69, 9.17) is 4.98 Å². The number of rotatable bonds is 5. The van der Waals surface area contributed by atoms with E-state index < -0.39 is 0 Å². The van der Waals surface area contributed by atoms with Crippen LogP contribution in [0.15, 0.2) is 140 Å². The normalized spacial score (nSPS) is 10.9. The van der Waals surface area contributed by atoms with Crippen LogP contribution in [0.3, 0.4) is 0 Å². The van der Waals surface area contributed by atoms with Gasteiger partial charge >= 0.3 is 0 Å². The molecule has 0 saturated heterocycles. The third kappa shape index (κ3) is 4.30. The number of H-pyrrole nitrogens is 1. The maximum absolute atomic E-state index is 5.05. The summed E-state index contributed by atoms with van der Waals surface area (Å²) in [5.74, 6) is 0.870. The first-order chi connectivity index (χ1) is 17.3. The van der Waals surface area contributed by atoms with E-state index in [1.165, 1.54) is 22.3 Å². The minimum atomic E-state index is 0.870. The molecule has 0 aliphatic rings. The van der Waals surface area contributed by atoms with E-state index in [1.54, 1.807) is 0 Å². The molecular weight excluding hydrogens is 424 g/mol. The zero-order valence-corrected chi connectivity index (χ0v) is 19.2. The third-order valence-electron chi connectivity index (χ3n) is 6.30. The molecule has 0 atom stereocenters. The lowest BCUT2D eigenvalue weighted by Crippen LogP contribution is -1.85. The molecule has 0 unspecified atom stereocenters. The van der Waals surface area contributed by atoms with Gasteiger partial charge in [0.15, 0.2) is 0 Å². The first-order valence-corrected chi connectivity index (χ1v) is 11.8. The number of aromatic nitrogens is 2. The van der Waals surface area contributed by atoms with Gasteiger partial charge in [-0.05, 0) is 22.3 Å². The predicted octanol–water partition coefficient (Wildman–Crippen LogP) is 8.74. The van der Waals surface area contributed by atoms with Crippen molar-refractivity contribution in [2.24, 2.45) is 0 Å². The van der Waals surface area contributed by atoms with Crippen molar-refractivity contribution in [3.63, 3.8) is 0 Å². The highest BCUT2D eigenvalue weighted by Gasteiger charge is 2.15. The Kier molecular flexibility index (Phi) is 5.54. The van der Waals surface area contributed by atoms with Crippen LogP contribution in [0.4, 0.5) is 0 Å². The number of imidazole rings is 1. The summed E-state index contributed by atoms with van der Waals surface area (Å²) in [5.41, 5.74) is 10.1. The first kappa shape index (κ1) is 20.9. The smallest absolute Gasteiger partial charge is 0.138 e. The number of nitrogens with one attached hydrogen (secondary N) is 1. The number of aromatic amines is 1. The SMILES string of the molecule is c1ccc(-c2ccc(-c3nc(-c4ccccc4)[nH]c3-c3ccc(-c4ccccc4)cc3)cc2)cc1. The third-order valence-corrected chi connectivity index (χ3v) is 6.30. The standard InChI is InChI=1S/C33H24N2/c1-4-10-24(11-5-1)26-16-20-28(21-17-26)31-32(35-33(34-31)30-14-8-3-9-15-30)29-22-18-27(19-23-29)25-12-6-2-7-13-25/h1-23H,(H,34,35). The van der Waals surface area contributed by atoms with Crippen LogP contribution in [0.1, 0.15) is 0 Å². The minimum Gasteiger partial charge on any atom is -0.337 e. The molecule has 6 rings (SSSR count). The Hall–Kier alpha value is -4.69. The summed E-state index contributed by atoms with van der Waals surface area (Å²) < 4.78 is 0. The molecule has 0 aliphatic heterocycles. The molecule has 0 fully saturated rings. The lowest BCUT2D eigenvalue weighted by Gasteiger charge is -2.07. The van der Waals surface area contributed by atoms with Gasteiger partial charge in [-0.25, -0.2) is 4.98 Å². The molecule has 0 aliphatic carbocycles. The second kappa shape index (κ2) is 9.28. The number of nitrogens with zero attached hydrogens (tertiary/aromatic N) is 1. The van der Waals surface area contributed by atoms with Crippen molar-refractivity contribution in [1.82, 2.24) is 9.97 Å². The highest BCUT2D eigenvalue weighted by atomic mass is 14.9. The Bertz CT molecular complexity index is 1430. The molecule has 1 N–H and O–H groups in total. The summed E-state index contributed by atoms with van der Waals surface area (Å²) >= 11 is 0. The van der Waals surface area contributed by atoms with Crippen molar-refractivity contribution in [3.8, 4) is 56.2 Å². The van der Waals surface area contributed by atoms with E-state index in [0.717, 1.165) is 33.9 Å². The molecule has 5 aromatic carbocycles. The predicted molar refractivity (Wildman–Crippen MR) is 146 cm³/mol. The number of hydrogen-bond acceptors (Lipinski definition) is 1. The quantitative estimate of drug-likeness (QED) is 0.281. The average Bonchev–Trinajstić information content (AvgIpc) is 3.40. The Morgan fingerprint density at radius 3 is 1.20 bits per heavy atom. The van der Waals surface area contributed by atoms with Crippen molar-refractivity contribution in [2.45, 2.75) is 0 Å². The molecule has 0 radical (unpaired) electrons. The molecule has 0 bridgehead atoms. The first-order valence-electron chi connectivity index (χ1n) is 11.8. The van der Waals surface area contributed by atoms with Crippen LogP contribution in [0, 0.1) is 0 Å². The summed E-state index contributed by atoms with van der Waals surface area (Å²) in [7, 11) is 0. The minimum absolute atomic E-state index is 0.870. The van der Waals surface area contributed by atoms with E-state index in [0.29, 0.717) is 0 Å². The van der Waals surface area contributed by atoms with Gasteiger partial charge in [0.25, 0.3) is 0 Å². The van der Waals surface area contributed by atoms with E-state index >= 15 is 0 Å². The lowest BCUT2D eigenvalue weighted by molar-refractivity contribution is 1.31. The second-order valence-electron chi connectivity index (χ2n) is 8.56. The molecule has 35 heavy (non-hydrogen) atoms. The molecule has 0 saturated carbocycles. The molecule has 2 nitrogen and oxygen atoms in total. The summed E-state index contributed by atoms with van der Waals surface area (Å²) in [4.78, 5) is 8.66. The fourth-order valence-corrected chi connectivity index (χ4v) is 4.43. The second-order valence-corrected chi connectivity index (χ2v) is 8.56. The van der Waals surface area contributed by atoms with Gasteiger partial charge in [-0.3, -0.25) is 0 Å². The van der Waals surface area contributed by atoms with Crippen molar-refractivity contribution >= 4 is 0 Å². The van der Waals surface area contributed by atoms with Crippen LogP contribution in [0.2, 0.25) is 0 Å². The molecule has 0 amide bonds. The van der Waals surface area contributed by atoms with E-state index in [9.17, 15) is 0 Å². The van der Waals surface area contributed by atoms with E-state index in [1.807, 2.05) is 30.3 Å². The summed E-state index contributed by atoms with van der Waals surface area (Å²) in [6.07, 6.45) is 0. The molecule has 6 aromatic rings. The number of hydrogen-bond donors (Lipinski definition) is 1. The Morgan fingerprint density at radius 1 is 0.343 bits per heavy atom. The van der Waals surface area contributed by atoms with Crippen molar-refractivity contribution in [1.29, 1.82) is 0 Å². The van der Waals surface area contributed by atoms with E-state index in [-0.39, 0.29) is 0 Å². The summed E-state index contributed by atoms with van der Waals surface area (Å²) in [6.45, 7) is 0. The van der Waals surface area contributed by atoms with Gasteiger partial charge in [-0.15, -0.1) is 0 Å². The number of benzene rings is 5. The van der Waals surface area contributed by atoms with Gasteiger partial charge in [-0.1, -0.05) is 140 Å². The van der Waals surface area contributed by atoms with Gasteiger partial charge < -0.3 is 4.98 Å². The maximum atomic E-state index is 5.05. The van der Waals surface area contributed by atoms with Gasteiger partial charge in [-0.2, -0.15) is 0 Å². The van der Waals surface area contributed by atoms with Crippen molar-refractivity contribution in [2.75, 3.05) is 0 Å². The highest BCUT2D eigenvalue weighted by molar-refractivity contribution is 5.83. The molecule has 2 heteroatoms. The zero-order chi connectivity index (χ0) is 23.5. The van der Waals surface area contributed by atoms with Gasteiger partial charge in [0.2, 0.25) is 0 Å². The lowest BCUT2D eigenvalue weighted by atomic mass is 9.99. The average molecular weight is 449 g/mol. The summed E-state index contributed by atoms with van der Waals surface area (Å²) in [6, 6.07) is 48.6. The largest absolute Gasteiger partial charge is 0.337 e. The van der Waals surface area contributed by atoms with Crippen LogP contribution in [0.5, 0.6) is 0 Å². The van der Waals surface area contributed by atoms with Crippen molar-refractivity contribution < 1.29 is 0 Å². The monoisotopic (exact) mass is 448 g/mol. The fourth-order valence-electron chi connectivity index (χ4n) is 4.43. The fraction of sp³-hybridized carbons (Fsp3) is 0. The van der Waals surface area contributed by atoms with Crippen LogP contribution >= 0.6 is 0 Å².